The molecule has 0 aliphatic heterocycles. The molecule has 2 atom stereocenters. The van der Waals surface area contributed by atoms with E-state index in [0.717, 1.165) is 17.2 Å². The Morgan fingerprint density at radius 2 is 2.08 bits per heavy atom. The van der Waals surface area contributed by atoms with Gasteiger partial charge in [-0.15, -0.1) is 0 Å². The topological polar surface area (TPSA) is 92.1 Å². The van der Waals surface area contributed by atoms with Crippen LogP contribution in [0.15, 0.2) is 30.7 Å². The lowest BCUT2D eigenvalue weighted by Gasteiger charge is -2.14. The van der Waals surface area contributed by atoms with Gasteiger partial charge in [0.05, 0.1) is 6.10 Å². The molecule has 0 bridgehead atoms. The molecule has 0 fully saturated rings. The highest BCUT2D eigenvalue weighted by Gasteiger charge is 2.08. The number of aliphatic hydroxyl groups is 1. The molecule has 2 aromatic heterocycles. The summed E-state index contributed by atoms with van der Waals surface area (Å²) >= 11 is 0. The minimum Gasteiger partial charge on any atom is -0.393 e. The van der Waals surface area contributed by atoms with Crippen LogP contribution in [0.3, 0.4) is 0 Å². The highest BCUT2D eigenvalue weighted by atomic mass is 16.3. The van der Waals surface area contributed by atoms with Gasteiger partial charge in [-0.2, -0.15) is 0 Å². The van der Waals surface area contributed by atoms with Crippen LogP contribution in [0.1, 0.15) is 31.7 Å². The number of rotatable bonds is 7. The highest BCUT2D eigenvalue weighted by molar-refractivity contribution is 5.73. The Labute approximate surface area is 142 Å². The smallest absolute Gasteiger partial charge is 0.315 e. The van der Waals surface area contributed by atoms with Crippen LogP contribution in [0.2, 0.25) is 0 Å². The van der Waals surface area contributed by atoms with Gasteiger partial charge in [0, 0.05) is 31.7 Å². The average Bonchev–Trinajstić information content (AvgIpc) is 2.97. The molecule has 2 aromatic rings. The van der Waals surface area contributed by atoms with E-state index in [9.17, 15) is 9.90 Å². The summed E-state index contributed by atoms with van der Waals surface area (Å²) in [5.74, 6) is 1.90. The van der Waals surface area contributed by atoms with E-state index in [1.807, 2.05) is 36.7 Å². The summed E-state index contributed by atoms with van der Waals surface area (Å²) in [7, 11) is 0. The van der Waals surface area contributed by atoms with Gasteiger partial charge in [-0.3, -0.25) is 4.57 Å². The second-order valence-corrected chi connectivity index (χ2v) is 6.12. The van der Waals surface area contributed by atoms with Gasteiger partial charge in [0.25, 0.3) is 0 Å². The number of hydrogen-bond donors (Lipinski definition) is 3. The largest absolute Gasteiger partial charge is 0.393 e. The number of carbonyl (C=O) groups excluding carboxylic acids is 1. The molecule has 0 spiro atoms. The van der Waals surface area contributed by atoms with Gasteiger partial charge in [0.15, 0.2) is 0 Å². The molecule has 7 nitrogen and oxygen atoms in total. The Balaban J connectivity index is 1.78. The van der Waals surface area contributed by atoms with Gasteiger partial charge in [-0.05, 0) is 37.8 Å². The van der Waals surface area contributed by atoms with Crippen molar-refractivity contribution in [2.24, 2.45) is 5.92 Å². The van der Waals surface area contributed by atoms with E-state index in [2.05, 4.69) is 20.6 Å². The van der Waals surface area contributed by atoms with Crippen molar-refractivity contribution in [3.05, 3.63) is 42.1 Å². The van der Waals surface area contributed by atoms with Crippen molar-refractivity contribution in [1.82, 2.24) is 25.2 Å². The van der Waals surface area contributed by atoms with Crippen LogP contribution in [0.4, 0.5) is 4.79 Å². The fourth-order valence-electron chi connectivity index (χ4n) is 2.46. The molecular weight excluding hydrogens is 306 g/mol. The summed E-state index contributed by atoms with van der Waals surface area (Å²) in [6, 6.07) is 3.61. The molecule has 3 N–H and O–H groups in total. The first-order valence-electron chi connectivity index (χ1n) is 8.10. The van der Waals surface area contributed by atoms with Crippen LogP contribution in [0, 0.1) is 12.8 Å². The minimum atomic E-state index is -0.353. The molecule has 2 unspecified atom stereocenters. The lowest BCUT2D eigenvalue weighted by atomic mass is 10.1. The van der Waals surface area contributed by atoms with Crippen LogP contribution in [0.25, 0.3) is 5.82 Å². The van der Waals surface area contributed by atoms with Crippen molar-refractivity contribution in [1.29, 1.82) is 0 Å². The zero-order valence-electron chi connectivity index (χ0n) is 14.4. The number of amides is 2. The lowest BCUT2D eigenvalue weighted by Crippen LogP contribution is -2.37. The number of pyridine rings is 1. The summed E-state index contributed by atoms with van der Waals surface area (Å²) in [5.41, 5.74) is 0.920. The molecule has 2 rings (SSSR count). The maximum Gasteiger partial charge on any atom is 0.315 e. The van der Waals surface area contributed by atoms with E-state index >= 15 is 0 Å². The van der Waals surface area contributed by atoms with E-state index in [1.54, 1.807) is 19.3 Å². The van der Waals surface area contributed by atoms with Crippen molar-refractivity contribution in [2.75, 3.05) is 6.54 Å². The Bertz CT molecular complexity index is 651. The fraction of sp³-hybridized carbons (Fsp3) is 0.471. The van der Waals surface area contributed by atoms with Gasteiger partial charge in [-0.25, -0.2) is 14.8 Å². The number of carbonyl (C=O) groups is 1. The lowest BCUT2D eigenvalue weighted by molar-refractivity contribution is 0.163. The molecule has 130 valence electrons. The molecule has 0 aromatic carbocycles. The molecule has 0 aliphatic carbocycles. The van der Waals surface area contributed by atoms with Gasteiger partial charge in [-0.1, -0.05) is 13.0 Å². The predicted octanol–water partition coefficient (Wildman–Crippen LogP) is 1.78. The highest BCUT2D eigenvalue weighted by Crippen LogP contribution is 2.08. The van der Waals surface area contributed by atoms with Crippen molar-refractivity contribution < 1.29 is 9.90 Å². The monoisotopic (exact) mass is 331 g/mol. The van der Waals surface area contributed by atoms with Crippen LogP contribution < -0.4 is 10.6 Å². The number of nitrogens with zero attached hydrogens (tertiary/aromatic N) is 3. The van der Waals surface area contributed by atoms with E-state index in [1.165, 1.54) is 0 Å². The van der Waals surface area contributed by atoms with Gasteiger partial charge in [0.2, 0.25) is 0 Å². The van der Waals surface area contributed by atoms with Crippen LogP contribution in [-0.2, 0) is 6.54 Å². The van der Waals surface area contributed by atoms with Crippen molar-refractivity contribution >= 4 is 6.03 Å². The number of imidazole rings is 1. The quantitative estimate of drug-likeness (QED) is 0.721. The predicted molar refractivity (Wildman–Crippen MR) is 91.8 cm³/mol. The normalized spacial score (nSPS) is 13.3. The zero-order chi connectivity index (χ0) is 17.5. The summed E-state index contributed by atoms with van der Waals surface area (Å²) < 4.78 is 1.90. The molecule has 0 radical (unpaired) electrons. The Morgan fingerprint density at radius 1 is 1.29 bits per heavy atom. The zero-order valence-corrected chi connectivity index (χ0v) is 14.4. The second kappa shape index (κ2) is 8.44. The Morgan fingerprint density at radius 3 is 2.67 bits per heavy atom. The fourth-order valence-corrected chi connectivity index (χ4v) is 2.46. The first kappa shape index (κ1) is 17.9. The van der Waals surface area contributed by atoms with E-state index in [0.29, 0.717) is 19.5 Å². The minimum absolute atomic E-state index is 0.220. The molecule has 0 saturated heterocycles. The van der Waals surface area contributed by atoms with E-state index in [-0.39, 0.29) is 18.1 Å². The third kappa shape index (κ3) is 5.34. The van der Waals surface area contributed by atoms with Crippen molar-refractivity contribution in [2.45, 2.75) is 39.8 Å². The molecule has 2 heterocycles. The molecule has 0 saturated carbocycles. The Hall–Kier alpha value is -2.41. The average molecular weight is 331 g/mol. The molecule has 2 amide bonds. The number of nitrogens with one attached hydrogen (secondary N) is 2. The summed E-state index contributed by atoms with van der Waals surface area (Å²) in [5, 5.41) is 14.9. The van der Waals surface area contributed by atoms with Gasteiger partial charge >= 0.3 is 6.03 Å². The summed E-state index contributed by atoms with van der Waals surface area (Å²) in [6.45, 7) is 6.60. The number of hydrogen-bond acceptors (Lipinski definition) is 4. The maximum absolute atomic E-state index is 11.8. The maximum atomic E-state index is 11.8. The number of urea groups is 1. The molecule has 24 heavy (non-hydrogen) atoms. The van der Waals surface area contributed by atoms with Crippen LogP contribution in [-0.4, -0.2) is 38.3 Å². The Kier molecular flexibility index (Phi) is 6.31. The SMILES string of the molecule is Cc1nccn1-c1ccc(CNC(=O)NCC(C)CC(C)O)cn1. The van der Waals surface area contributed by atoms with Crippen LogP contribution in [0.5, 0.6) is 0 Å². The van der Waals surface area contributed by atoms with Gasteiger partial charge < -0.3 is 15.7 Å². The first-order valence-corrected chi connectivity index (χ1v) is 8.10. The van der Waals surface area contributed by atoms with Crippen molar-refractivity contribution in [3.8, 4) is 5.82 Å². The number of aromatic nitrogens is 3. The van der Waals surface area contributed by atoms with Crippen molar-refractivity contribution in [3.63, 3.8) is 0 Å². The molecule has 7 heteroatoms. The first-order chi connectivity index (χ1) is 11.5. The van der Waals surface area contributed by atoms with Crippen LogP contribution >= 0.6 is 0 Å². The standard InChI is InChI=1S/C17H25N5O2/c1-12(8-13(2)23)9-20-17(24)21-11-15-4-5-16(19-10-15)22-7-6-18-14(22)3/h4-7,10,12-13,23H,8-9,11H2,1-3H3,(H2,20,21,24). The van der Waals surface area contributed by atoms with Gasteiger partial charge in [0.1, 0.15) is 11.6 Å². The number of aryl methyl sites for hydroxylation is 1. The van der Waals surface area contributed by atoms with E-state index in [4.69, 9.17) is 0 Å². The number of aliphatic hydroxyl groups excluding tert-OH is 1. The third-order valence-corrected chi connectivity index (χ3v) is 3.69. The molecule has 0 aliphatic rings. The summed E-state index contributed by atoms with van der Waals surface area (Å²) in [4.78, 5) is 20.3. The second-order valence-electron chi connectivity index (χ2n) is 6.12. The molecular formula is C17H25N5O2. The third-order valence-electron chi connectivity index (χ3n) is 3.69. The van der Waals surface area contributed by atoms with E-state index < -0.39 is 0 Å². The summed E-state index contributed by atoms with van der Waals surface area (Å²) in [6.07, 6.45) is 5.64.